The molecule has 30 heavy (non-hydrogen) atoms. The second-order valence-corrected chi connectivity index (χ2v) is 7.10. The van der Waals surface area contributed by atoms with Crippen molar-refractivity contribution in [1.82, 2.24) is 0 Å². The lowest BCUT2D eigenvalue weighted by molar-refractivity contribution is -0.112. The Kier molecular flexibility index (Phi) is 7.17. The smallest absolute Gasteiger partial charge is 0.185 e. The number of hydrogen-bond donors (Lipinski definition) is 0. The molecule has 1 aliphatic rings. The molecule has 1 fully saturated rings. The van der Waals surface area contributed by atoms with E-state index in [1.807, 2.05) is 48.6 Å². The standard InChI is InChI=1S/C25H28O5/c1-27-21-11-9-17(15-23(21)29-3)13-19-7-5-6-8-20(25(19)26)14-18-10-12-22(28-2)24(16-18)30-4/h9-16H,5-8H2,1-4H3/b19-13-,20-14-. The predicted molar refractivity (Wildman–Crippen MR) is 119 cm³/mol. The third-order valence-corrected chi connectivity index (χ3v) is 5.22. The van der Waals surface area contributed by atoms with Crippen LogP contribution in [-0.2, 0) is 4.79 Å². The zero-order valence-electron chi connectivity index (χ0n) is 18.0. The van der Waals surface area contributed by atoms with Crippen molar-refractivity contribution in [3.63, 3.8) is 0 Å². The van der Waals surface area contributed by atoms with Gasteiger partial charge in [0.05, 0.1) is 28.4 Å². The van der Waals surface area contributed by atoms with E-state index in [0.717, 1.165) is 48.0 Å². The van der Waals surface area contributed by atoms with Gasteiger partial charge in [0.15, 0.2) is 28.8 Å². The molecule has 0 aromatic heterocycles. The zero-order chi connectivity index (χ0) is 21.5. The van der Waals surface area contributed by atoms with Crippen molar-refractivity contribution < 1.29 is 23.7 Å². The molecule has 0 spiro atoms. The average Bonchev–Trinajstić information content (AvgIpc) is 2.95. The molecule has 0 aliphatic heterocycles. The van der Waals surface area contributed by atoms with Gasteiger partial charge in [0, 0.05) is 11.1 Å². The fourth-order valence-corrected chi connectivity index (χ4v) is 3.63. The van der Waals surface area contributed by atoms with Gasteiger partial charge >= 0.3 is 0 Å². The van der Waals surface area contributed by atoms with Crippen molar-refractivity contribution in [1.29, 1.82) is 0 Å². The number of carbonyl (C=O) groups excluding carboxylic acids is 1. The fourth-order valence-electron chi connectivity index (χ4n) is 3.63. The molecule has 1 aliphatic carbocycles. The van der Waals surface area contributed by atoms with Gasteiger partial charge in [0.1, 0.15) is 0 Å². The second kappa shape index (κ2) is 10.0. The van der Waals surface area contributed by atoms with Crippen LogP contribution in [0.2, 0.25) is 0 Å². The number of benzene rings is 2. The highest BCUT2D eigenvalue weighted by molar-refractivity contribution is 6.13. The quantitative estimate of drug-likeness (QED) is 0.478. The van der Waals surface area contributed by atoms with E-state index in [9.17, 15) is 4.79 Å². The SMILES string of the molecule is COc1ccc(/C=C2/CCCC/C(=C/c3ccc(OC)c(OC)c3)C2=O)cc1OC. The largest absolute Gasteiger partial charge is 0.493 e. The number of rotatable bonds is 6. The lowest BCUT2D eigenvalue weighted by Gasteiger charge is -2.10. The first-order valence-electron chi connectivity index (χ1n) is 9.99. The Balaban J connectivity index is 1.93. The van der Waals surface area contributed by atoms with Gasteiger partial charge in [0.2, 0.25) is 0 Å². The van der Waals surface area contributed by atoms with Crippen LogP contribution in [0.25, 0.3) is 12.2 Å². The molecule has 158 valence electrons. The summed E-state index contributed by atoms with van der Waals surface area (Å²) in [5, 5.41) is 0. The third kappa shape index (κ3) is 4.85. The first kappa shape index (κ1) is 21.5. The Labute approximate surface area is 177 Å². The molecule has 5 heteroatoms. The number of Topliss-reactive ketones (excluding diaryl/α,β-unsaturated/α-hetero) is 1. The van der Waals surface area contributed by atoms with Crippen LogP contribution < -0.4 is 18.9 Å². The van der Waals surface area contributed by atoms with Gasteiger partial charge in [-0.1, -0.05) is 12.1 Å². The number of methoxy groups -OCH3 is 4. The summed E-state index contributed by atoms with van der Waals surface area (Å²) in [7, 11) is 6.43. The van der Waals surface area contributed by atoms with E-state index in [1.54, 1.807) is 28.4 Å². The lowest BCUT2D eigenvalue weighted by atomic mass is 9.97. The topological polar surface area (TPSA) is 54.0 Å². The summed E-state index contributed by atoms with van der Waals surface area (Å²) in [6, 6.07) is 11.4. The van der Waals surface area contributed by atoms with Crippen LogP contribution in [-0.4, -0.2) is 34.2 Å². The van der Waals surface area contributed by atoms with E-state index in [4.69, 9.17) is 18.9 Å². The zero-order valence-corrected chi connectivity index (χ0v) is 18.0. The molecule has 0 atom stereocenters. The highest BCUT2D eigenvalue weighted by atomic mass is 16.5. The summed E-state index contributed by atoms with van der Waals surface area (Å²) in [6.45, 7) is 0. The molecule has 2 aromatic rings. The fraction of sp³-hybridized carbons (Fsp3) is 0.320. The van der Waals surface area contributed by atoms with E-state index in [0.29, 0.717) is 23.0 Å². The van der Waals surface area contributed by atoms with Crippen LogP contribution in [0.5, 0.6) is 23.0 Å². The lowest BCUT2D eigenvalue weighted by Crippen LogP contribution is -2.04. The number of allylic oxidation sites excluding steroid dienone is 2. The van der Waals surface area contributed by atoms with Crippen molar-refractivity contribution in [2.75, 3.05) is 28.4 Å². The first-order chi connectivity index (χ1) is 14.6. The van der Waals surface area contributed by atoms with Crippen molar-refractivity contribution in [3.8, 4) is 23.0 Å². The van der Waals surface area contributed by atoms with Gasteiger partial charge in [0.25, 0.3) is 0 Å². The molecule has 0 saturated heterocycles. The van der Waals surface area contributed by atoms with Crippen molar-refractivity contribution in [2.24, 2.45) is 0 Å². The molecule has 0 bridgehead atoms. The molecule has 2 aromatic carbocycles. The van der Waals surface area contributed by atoms with Crippen molar-refractivity contribution >= 4 is 17.9 Å². The van der Waals surface area contributed by atoms with Crippen LogP contribution in [0.3, 0.4) is 0 Å². The Morgan fingerprint density at radius 1 is 0.633 bits per heavy atom. The molecule has 1 saturated carbocycles. The van der Waals surface area contributed by atoms with Gasteiger partial charge in [-0.25, -0.2) is 0 Å². The monoisotopic (exact) mass is 408 g/mol. The van der Waals surface area contributed by atoms with E-state index >= 15 is 0 Å². The van der Waals surface area contributed by atoms with Gasteiger partial charge in [-0.05, 0) is 73.2 Å². The van der Waals surface area contributed by atoms with Crippen molar-refractivity contribution in [3.05, 3.63) is 58.7 Å². The number of ether oxygens (including phenoxy) is 4. The first-order valence-corrected chi connectivity index (χ1v) is 9.99. The van der Waals surface area contributed by atoms with Crippen molar-refractivity contribution in [2.45, 2.75) is 25.7 Å². The van der Waals surface area contributed by atoms with Crippen LogP contribution in [0.15, 0.2) is 47.5 Å². The molecular formula is C25H28O5. The highest BCUT2D eigenvalue weighted by Crippen LogP contribution is 2.32. The van der Waals surface area contributed by atoms with Crippen LogP contribution in [0.4, 0.5) is 0 Å². The van der Waals surface area contributed by atoms with E-state index in [-0.39, 0.29) is 5.78 Å². The summed E-state index contributed by atoms with van der Waals surface area (Å²) in [4.78, 5) is 13.3. The average molecular weight is 408 g/mol. The number of hydrogen-bond acceptors (Lipinski definition) is 5. The molecule has 3 rings (SSSR count). The van der Waals surface area contributed by atoms with E-state index in [2.05, 4.69) is 0 Å². The molecule has 0 amide bonds. The van der Waals surface area contributed by atoms with Gasteiger partial charge in [-0.2, -0.15) is 0 Å². The Bertz CT molecular complexity index is 894. The second-order valence-electron chi connectivity index (χ2n) is 7.10. The molecule has 0 heterocycles. The molecule has 5 nitrogen and oxygen atoms in total. The number of carbonyl (C=O) groups is 1. The van der Waals surface area contributed by atoms with Crippen LogP contribution in [0.1, 0.15) is 36.8 Å². The predicted octanol–water partition coefficient (Wildman–Crippen LogP) is 5.33. The molecule has 0 radical (unpaired) electrons. The summed E-state index contributed by atoms with van der Waals surface area (Å²) in [5.74, 6) is 2.72. The van der Waals surface area contributed by atoms with Gasteiger partial charge in [-0.3, -0.25) is 4.79 Å². The summed E-state index contributed by atoms with van der Waals surface area (Å²) in [5.41, 5.74) is 3.46. The normalized spacial score (nSPS) is 17.0. The minimum absolute atomic E-state index is 0.0945. The van der Waals surface area contributed by atoms with E-state index < -0.39 is 0 Å². The molecule has 0 unspecified atom stereocenters. The van der Waals surface area contributed by atoms with E-state index in [1.165, 1.54) is 0 Å². The van der Waals surface area contributed by atoms with Gasteiger partial charge in [-0.15, -0.1) is 0 Å². The van der Waals surface area contributed by atoms with Gasteiger partial charge < -0.3 is 18.9 Å². The Hall–Kier alpha value is -3.21. The third-order valence-electron chi connectivity index (χ3n) is 5.22. The maximum atomic E-state index is 13.3. The molecule has 0 N–H and O–H groups in total. The summed E-state index contributed by atoms with van der Waals surface area (Å²) < 4.78 is 21.4. The molecular weight excluding hydrogens is 380 g/mol. The Morgan fingerprint density at radius 2 is 1.03 bits per heavy atom. The maximum Gasteiger partial charge on any atom is 0.185 e. The minimum Gasteiger partial charge on any atom is -0.493 e. The van der Waals surface area contributed by atoms with Crippen LogP contribution >= 0.6 is 0 Å². The maximum absolute atomic E-state index is 13.3. The Morgan fingerprint density at radius 3 is 1.40 bits per heavy atom. The summed E-state index contributed by atoms with van der Waals surface area (Å²) in [6.07, 6.45) is 7.39. The minimum atomic E-state index is 0.0945. The van der Waals surface area contributed by atoms with Crippen LogP contribution in [0, 0.1) is 0 Å². The highest BCUT2D eigenvalue weighted by Gasteiger charge is 2.19. The number of ketones is 1. The summed E-state index contributed by atoms with van der Waals surface area (Å²) >= 11 is 0.